The number of hydrogen-bond donors (Lipinski definition) is 0. The number of pyridine rings is 1. The summed E-state index contributed by atoms with van der Waals surface area (Å²) < 4.78 is 5.51. The van der Waals surface area contributed by atoms with E-state index in [4.69, 9.17) is 9.72 Å². The number of hydrogen-bond acceptors (Lipinski definition) is 4. The van der Waals surface area contributed by atoms with Crippen LogP contribution in [0.2, 0.25) is 0 Å². The molecule has 5 heteroatoms. The smallest absolute Gasteiger partial charge is 0.219 e. The summed E-state index contributed by atoms with van der Waals surface area (Å²) in [6.07, 6.45) is 0. The highest BCUT2D eigenvalue weighted by molar-refractivity contribution is 5.84. The van der Waals surface area contributed by atoms with E-state index in [0.29, 0.717) is 11.8 Å². The maximum absolute atomic E-state index is 12.4. The molecule has 0 bridgehead atoms. The number of carbonyl (C=O) groups excluding carboxylic acids is 1. The number of aromatic nitrogens is 1. The summed E-state index contributed by atoms with van der Waals surface area (Å²) in [6, 6.07) is 19.0. The average molecular weight is 416 g/mol. The van der Waals surface area contributed by atoms with Gasteiger partial charge in [0.2, 0.25) is 5.91 Å². The number of ether oxygens (including phenoxy) is 1. The molecule has 160 valence electrons. The number of methoxy groups -OCH3 is 1. The van der Waals surface area contributed by atoms with Gasteiger partial charge in [0.1, 0.15) is 11.3 Å². The monoisotopic (exact) mass is 415 g/mol. The fourth-order valence-electron chi connectivity index (χ4n) is 5.55. The topological polar surface area (TPSA) is 45.7 Å². The van der Waals surface area contributed by atoms with Crippen molar-refractivity contribution in [3.05, 3.63) is 71.4 Å². The van der Waals surface area contributed by atoms with Crippen molar-refractivity contribution in [1.82, 2.24) is 14.8 Å². The van der Waals surface area contributed by atoms with Gasteiger partial charge in [0.15, 0.2) is 0 Å². The quantitative estimate of drug-likeness (QED) is 0.641. The zero-order valence-electron chi connectivity index (χ0n) is 18.4. The number of carbonyl (C=O) groups is 1. The van der Waals surface area contributed by atoms with Crippen molar-refractivity contribution < 1.29 is 9.53 Å². The number of likely N-dealkylation sites (tertiary alicyclic amines) is 2. The first-order chi connectivity index (χ1) is 15.0. The van der Waals surface area contributed by atoms with Crippen LogP contribution in [0.5, 0.6) is 5.75 Å². The van der Waals surface area contributed by atoms with Crippen molar-refractivity contribution in [1.29, 1.82) is 0 Å². The van der Waals surface area contributed by atoms with Gasteiger partial charge in [-0.1, -0.05) is 42.5 Å². The number of para-hydroxylation sites is 1. The maximum Gasteiger partial charge on any atom is 0.219 e. The number of amides is 1. The lowest BCUT2D eigenvalue weighted by molar-refractivity contribution is -0.130. The molecule has 3 atom stereocenters. The molecule has 2 fully saturated rings. The molecule has 31 heavy (non-hydrogen) atoms. The predicted molar refractivity (Wildman–Crippen MR) is 122 cm³/mol. The Kier molecular flexibility index (Phi) is 5.14. The zero-order valence-corrected chi connectivity index (χ0v) is 18.4. The van der Waals surface area contributed by atoms with Crippen LogP contribution in [0.1, 0.15) is 29.8 Å². The summed E-state index contributed by atoms with van der Waals surface area (Å²) in [5, 5.41) is 1.10. The van der Waals surface area contributed by atoms with E-state index in [9.17, 15) is 4.79 Å². The first-order valence-corrected chi connectivity index (χ1v) is 11.0. The summed E-state index contributed by atoms with van der Waals surface area (Å²) in [6.45, 7) is 7.51. The fourth-order valence-corrected chi connectivity index (χ4v) is 5.55. The zero-order chi connectivity index (χ0) is 21.5. The van der Waals surface area contributed by atoms with Crippen molar-refractivity contribution >= 4 is 16.8 Å². The van der Waals surface area contributed by atoms with Gasteiger partial charge in [0.25, 0.3) is 0 Å². The Labute approximate surface area is 183 Å². The SMILES string of the molecule is COc1cccc2ccc(CN3C[C@@H]4CN(C(C)=O)[C@H](c5ccccc5C)[C@@H]4C3)nc12. The molecular formula is C26H29N3O2. The Morgan fingerprint density at radius 2 is 1.90 bits per heavy atom. The van der Waals surface area contributed by atoms with E-state index in [2.05, 4.69) is 59.2 Å². The molecule has 3 aromatic rings. The van der Waals surface area contributed by atoms with Crippen LogP contribution in [-0.4, -0.2) is 47.4 Å². The standard InChI is InChI=1S/C26H29N3O2/c1-17-7-4-5-9-22(17)26-23-16-28(13-20(23)14-29(26)18(2)30)15-21-12-11-19-8-6-10-24(31-3)25(19)27-21/h4-12,20,23,26H,13-16H2,1-3H3/t20-,23-,26-/m1/s1. The summed E-state index contributed by atoms with van der Waals surface area (Å²) in [4.78, 5) is 21.9. The van der Waals surface area contributed by atoms with Crippen LogP contribution < -0.4 is 4.74 Å². The Hall–Kier alpha value is -2.92. The van der Waals surface area contributed by atoms with Crippen LogP contribution in [0.4, 0.5) is 0 Å². The van der Waals surface area contributed by atoms with Gasteiger partial charge in [-0.3, -0.25) is 9.69 Å². The lowest BCUT2D eigenvalue weighted by Gasteiger charge is -2.30. The summed E-state index contributed by atoms with van der Waals surface area (Å²) in [5.74, 6) is 1.95. The third-order valence-corrected chi connectivity index (χ3v) is 7.00. The van der Waals surface area contributed by atoms with E-state index in [1.165, 1.54) is 11.1 Å². The van der Waals surface area contributed by atoms with Gasteiger partial charge < -0.3 is 9.64 Å². The molecule has 5 nitrogen and oxygen atoms in total. The van der Waals surface area contributed by atoms with Gasteiger partial charge in [0.05, 0.1) is 18.8 Å². The van der Waals surface area contributed by atoms with Crippen LogP contribution in [0, 0.1) is 18.8 Å². The molecule has 3 heterocycles. The lowest BCUT2D eigenvalue weighted by Crippen LogP contribution is -2.34. The van der Waals surface area contributed by atoms with Crippen LogP contribution in [0.15, 0.2) is 54.6 Å². The highest BCUT2D eigenvalue weighted by atomic mass is 16.5. The molecular weight excluding hydrogens is 386 g/mol. The van der Waals surface area contributed by atoms with Crippen LogP contribution in [0.3, 0.4) is 0 Å². The molecule has 0 spiro atoms. The third-order valence-electron chi connectivity index (χ3n) is 7.00. The predicted octanol–water partition coefficient (Wildman–Crippen LogP) is 4.20. The Bertz CT molecular complexity index is 1130. The second kappa shape index (κ2) is 7.97. The molecule has 1 amide bonds. The Morgan fingerprint density at radius 3 is 2.68 bits per heavy atom. The van der Waals surface area contributed by atoms with Gasteiger partial charge in [-0.05, 0) is 36.1 Å². The minimum absolute atomic E-state index is 0.165. The van der Waals surface area contributed by atoms with E-state index >= 15 is 0 Å². The molecule has 0 saturated carbocycles. The minimum Gasteiger partial charge on any atom is -0.494 e. The summed E-state index contributed by atoms with van der Waals surface area (Å²) in [7, 11) is 1.69. The van der Waals surface area contributed by atoms with Crippen molar-refractivity contribution in [2.24, 2.45) is 11.8 Å². The lowest BCUT2D eigenvalue weighted by atomic mass is 9.87. The van der Waals surface area contributed by atoms with Crippen LogP contribution >= 0.6 is 0 Å². The molecule has 0 N–H and O–H groups in total. The maximum atomic E-state index is 12.4. The molecule has 2 aliphatic rings. The van der Waals surface area contributed by atoms with E-state index in [-0.39, 0.29) is 11.9 Å². The van der Waals surface area contributed by atoms with E-state index in [1.807, 2.05) is 12.1 Å². The highest BCUT2D eigenvalue weighted by Gasteiger charge is 2.48. The normalized spacial score (nSPS) is 23.3. The average Bonchev–Trinajstić information content (AvgIpc) is 3.31. The van der Waals surface area contributed by atoms with Gasteiger partial charge in [-0.25, -0.2) is 4.98 Å². The van der Waals surface area contributed by atoms with Gasteiger partial charge in [-0.15, -0.1) is 0 Å². The number of rotatable bonds is 4. The second-order valence-electron chi connectivity index (χ2n) is 8.93. The van der Waals surface area contributed by atoms with Crippen molar-refractivity contribution in [2.45, 2.75) is 26.4 Å². The van der Waals surface area contributed by atoms with Crippen molar-refractivity contribution in [2.75, 3.05) is 26.7 Å². The van der Waals surface area contributed by atoms with E-state index in [1.54, 1.807) is 14.0 Å². The van der Waals surface area contributed by atoms with Gasteiger partial charge in [-0.2, -0.15) is 0 Å². The Morgan fingerprint density at radius 1 is 1.06 bits per heavy atom. The molecule has 5 rings (SSSR count). The first kappa shape index (κ1) is 20.0. The second-order valence-corrected chi connectivity index (χ2v) is 8.93. The van der Waals surface area contributed by atoms with E-state index < -0.39 is 0 Å². The molecule has 2 saturated heterocycles. The number of benzene rings is 2. The van der Waals surface area contributed by atoms with Gasteiger partial charge in [0, 0.05) is 44.4 Å². The molecule has 1 aromatic heterocycles. The van der Waals surface area contributed by atoms with Crippen LogP contribution in [0.25, 0.3) is 10.9 Å². The highest BCUT2D eigenvalue weighted by Crippen LogP contribution is 2.46. The van der Waals surface area contributed by atoms with Crippen molar-refractivity contribution in [3.8, 4) is 5.75 Å². The van der Waals surface area contributed by atoms with Gasteiger partial charge >= 0.3 is 0 Å². The largest absolute Gasteiger partial charge is 0.494 e. The first-order valence-electron chi connectivity index (χ1n) is 11.0. The van der Waals surface area contributed by atoms with E-state index in [0.717, 1.165) is 48.5 Å². The number of nitrogens with zero attached hydrogens (tertiary/aromatic N) is 3. The molecule has 0 unspecified atom stereocenters. The Balaban J connectivity index is 1.39. The number of aryl methyl sites for hydroxylation is 1. The van der Waals surface area contributed by atoms with Crippen LogP contribution in [-0.2, 0) is 11.3 Å². The van der Waals surface area contributed by atoms with Crippen molar-refractivity contribution in [3.63, 3.8) is 0 Å². The number of fused-ring (bicyclic) bond motifs is 2. The third kappa shape index (κ3) is 3.57. The molecule has 0 radical (unpaired) electrons. The minimum atomic E-state index is 0.165. The molecule has 2 aromatic carbocycles. The summed E-state index contributed by atoms with van der Waals surface area (Å²) >= 11 is 0. The fraction of sp³-hybridized carbons (Fsp3) is 0.385. The molecule has 2 aliphatic heterocycles. The molecule has 0 aliphatic carbocycles. The summed E-state index contributed by atoms with van der Waals surface area (Å²) in [5.41, 5.74) is 4.54.